The van der Waals surface area contributed by atoms with E-state index in [9.17, 15) is 4.79 Å². The smallest absolute Gasteiger partial charge is 0.319 e. The zero-order chi connectivity index (χ0) is 20.1. The molecule has 0 saturated heterocycles. The molecule has 28 heavy (non-hydrogen) atoms. The van der Waals surface area contributed by atoms with Gasteiger partial charge in [0.05, 0.1) is 0 Å². The van der Waals surface area contributed by atoms with Gasteiger partial charge in [-0.2, -0.15) is 4.98 Å². The van der Waals surface area contributed by atoms with Crippen LogP contribution in [-0.2, 0) is 0 Å². The molecule has 7 nitrogen and oxygen atoms in total. The van der Waals surface area contributed by atoms with Crippen LogP contribution in [0.3, 0.4) is 0 Å². The number of hydrogen-bond donors (Lipinski definition) is 2. The fourth-order valence-corrected chi connectivity index (χ4v) is 2.62. The molecule has 1 heterocycles. The maximum Gasteiger partial charge on any atom is 0.319 e. The number of nitrogens with zero attached hydrogens (tertiary/aromatic N) is 2. The van der Waals surface area contributed by atoms with E-state index in [1.807, 2.05) is 32.9 Å². The van der Waals surface area contributed by atoms with Crippen molar-refractivity contribution in [3.63, 3.8) is 0 Å². The third kappa shape index (κ3) is 5.23. The summed E-state index contributed by atoms with van der Waals surface area (Å²) in [5.74, 6) is 1.41. The third-order valence-corrected chi connectivity index (χ3v) is 3.95. The van der Waals surface area contributed by atoms with Gasteiger partial charge in [-0.1, -0.05) is 22.8 Å². The quantitative estimate of drug-likeness (QED) is 0.603. The molecule has 2 aromatic carbocycles. The van der Waals surface area contributed by atoms with Gasteiger partial charge in [-0.3, -0.25) is 0 Å². The number of rotatable bonds is 6. The summed E-state index contributed by atoms with van der Waals surface area (Å²) in [6.45, 7) is 5.61. The molecule has 2 amide bonds. The topological polar surface area (TPSA) is 89.3 Å². The highest BCUT2D eigenvalue weighted by atomic mass is 35.5. The summed E-state index contributed by atoms with van der Waals surface area (Å²) in [5, 5.41) is 10.1. The summed E-state index contributed by atoms with van der Waals surface area (Å²) in [6.07, 6.45) is -0.430. The highest BCUT2D eigenvalue weighted by molar-refractivity contribution is 6.30. The molecule has 3 rings (SSSR count). The molecule has 0 unspecified atom stereocenters. The van der Waals surface area contributed by atoms with E-state index in [-0.39, 0.29) is 12.1 Å². The second-order valence-corrected chi connectivity index (χ2v) is 6.94. The first-order valence-corrected chi connectivity index (χ1v) is 9.22. The fourth-order valence-electron chi connectivity index (χ4n) is 2.44. The van der Waals surface area contributed by atoms with E-state index in [0.717, 1.165) is 5.56 Å². The molecule has 1 atom stereocenters. The van der Waals surface area contributed by atoms with E-state index in [4.69, 9.17) is 20.9 Å². The number of anilines is 1. The largest absolute Gasteiger partial charge is 0.481 e. The van der Waals surface area contributed by atoms with E-state index in [0.29, 0.717) is 28.2 Å². The third-order valence-electron chi connectivity index (χ3n) is 3.72. The van der Waals surface area contributed by atoms with Crippen molar-refractivity contribution in [1.82, 2.24) is 15.5 Å². The number of carbonyl (C=O) groups is 1. The molecule has 8 heteroatoms. The van der Waals surface area contributed by atoms with Crippen LogP contribution in [0.1, 0.15) is 32.8 Å². The van der Waals surface area contributed by atoms with Gasteiger partial charge >= 0.3 is 6.03 Å². The van der Waals surface area contributed by atoms with Gasteiger partial charge in [-0.05, 0) is 63.2 Å². The van der Waals surface area contributed by atoms with Gasteiger partial charge in [0, 0.05) is 22.3 Å². The fraction of sp³-hybridized carbons (Fsp3) is 0.250. The highest BCUT2D eigenvalue weighted by Gasteiger charge is 2.17. The number of aromatic nitrogens is 2. The van der Waals surface area contributed by atoms with Gasteiger partial charge in [-0.25, -0.2) is 4.79 Å². The zero-order valence-electron chi connectivity index (χ0n) is 15.8. The molecule has 0 bridgehead atoms. The van der Waals surface area contributed by atoms with Crippen LogP contribution in [0.25, 0.3) is 11.4 Å². The Morgan fingerprint density at radius 3 is 2.57 bits per heavy atom. The first-order valence-electron chi connectivity index (χ1n) is 8.84. The summed E-state index contributed by atoms with van der Waals surface area (Å²) in [5.41, 5.74) is 1.43. The summed E-state index contributed by atoms with van der Waals surface area (Å²) in [7, 11) is 0. The minimum Gasteiger partial charge on any atom is -0.481 e. The molecule has 1 aromatic heterocycles. The average molecular weight is 401 g/mol. The minimum atomic E-state index is -0.430. The Morgan fingerprint density at radius 2 is 1.89 bits per heavy atom. The van der Waals surface area contributed by atoms with Gasteiger partial charge in [0.1, 0.15) is 5.75 Å². The number of nitrogens with one attached hydrogen (secondary N) is 2. The van der Waals surface area contributed by atoms with Crippen LogP contribution in [-0.4, -0.2) is 22.2 Å². The van der Waals surface area contributed by atoms with Crippen molar-refractivity contribution < 1.29 is 14.1 Å². The van der Waals surface area contributed by atoms with Gasteiger partial charge in [-0.15, -0.1) is 0 Å². The molecule has 2 N–H and O–H groups in total. The van der Waals surface area contributed by atoms with Crippen molar-refractivity contribution in [3.8, 4) is 17.1 Å². The lowest BCUT2D eigenvalue weighted by Gasteiger charge is -2.10. The number of benzene rings is 2. The Labute approximate surface area is 168 Å². The molecule has 0 fully saturated rings. The second kappa shape index (κ2) is 8.75. The Morgan fingerprint density at radius 1 is 1.14 bits per heavy atom. The Kier molecular flexibility index (Phi) is 6.16. The summed E-state index contributed by atoms with van der Waals surface area (Å²) >= 11 is 5.97. The lowest BCUT2D eigenvalue weighted by Crippen LogP contribution is -2.34. The van der Waals surface area contributed by atoms with Crippen LogP contribution >= 0.6 is 11.6 Å². The van der Waals surface area contributed by atoms with Crippen LogP contribution in [0, 0.1) is 0 Å². The summed E-state index contributed by atoms with van der Waals surface area (Å²) in [4.78, 5) is 16.1. The van der Waals surface area contributed by atoms with Crippen LogP contribution in [0.2, 0.25) is 5.02 Å². The molecule has 0 aliphatic heterocycles. The van der Waals surface area contributed by atoms with Crippen LogP contribution in [0.5, 0.6) is 5.75 Å². The Balaban J connectivity index is 1.65. The lowest BCUT2D eigenvalue weighted by atomic mass is 10.2. The van der Waals surface area contributed by atoms with Gasteiger partial charge in [0.25, 0.3) is 5.89 Å². The minimum absolute atomic E-state index is 0.0631. The number of halogens is 1. The number of carbonyl (C=O) groups excluding carboxylic acids is 1. The molecule has 0 radical (unpaired) electrons. The van der Waals surface area contributed by atoms with Crippen molar-refractivity contribution >= 4 is 23.3 Å². The normalized spacial score (nSPS) is 11.9. The summed E-state index contributed by atoms with van der Waals surface area (Å²) < 4.78 is 11.1. The zero-order valence-corrected chi connectivity index (χ0v) is 16.5. The molecule has 0 saturated carbocycles. The van der Waals surface area contributed by atoms with Crippen molar-refractivity contribution in [3.05, 3.63) is 59.4 Å². The lowest BCUT2D eigenvalue weighted by molar-refractivity contribution is 0.176. The second-order valence-electron chi connectivity index (χ2n) is 6.50. The van der Waals surface area contributed by atoms with E-state index in [2.05, 4.69) is 20.8 Å². The molecule has 3 aromatic rings. The number of urea groups is 1. The molecular weight excluding hydrogens is 380 g/mol. The Bertz CT molecular complexity index is 941. The molecule has 0 spiro atoms. The average Bonchev–Trinajstić information content (AvgIpc) is 3.12. The van der Waals surface area contributed by atoms with E-state index in [1.54, 1.807) is 36.4 Å². The van der Waals surface area contributed by atoms with Crippen molar-refractivity contribution in [1.29, 1.82) is 0 Å². The van der Waals surface area contributed by atoms with E-state index in [1.165, 1.54) is 0 Å². The Hall–Kier alpha value is -3.06. The maximum absolute atomic E-state index is 11.7. The predicted octanol–water partition coefficient (Wildman–Crippen LogP) is 5.06. The van der Waals surface area contributed by atoms with E-state index >= 15 is 0 Å². The standard InChI is InChI=1S/C20H21ClN4O3/c1-12(2)22-20(26)23-16-9-7-14(8-10-16)18-24-19(28-25-18)13(3)27-17-6-4-5-15(21)11-17/h4-13H,1-3H3,(H2,22,23,26)/t13-/m1/s1. The number of ether oxygens (including phenoxy) is 1. The van der Waals surface area contributed by atoms with Crippen molar-refractivity contribution in [2.75, 3.05) is 5.32 Å². The monoisotopic (exact) mass is 400 g/mol. The number of hydrogen-bond acceptors (Lipinski definition) is 5. The maximum atomic E-state index is 11.7. The highest BCUT2D eigenvalue weighted by Crippen LogP contribution is 2.25. The molecular formula is C20H21ClN4O3. The van der Waals surface area contributed by atoms with Crippen LogP contribution in [0.4, 0.5) is 10.5 Å². The molecule has 146 valence electrons. The molecule has 0 aliphatic carbocycles. The SMILES string of the molecule is CC(C)NC(=O)Nc1ccc(-c2noc([C@@H](C)Oc3cccc(Cl)c3)n2)cc1. The summed E-state index contributed by atoms with van der Waals surface area (Å²) in [6, 6.07) is 14.1. The first-order chi connectivity index (χ1) is 13.4. The van der Waals surface area contributed by atoms with Crippen LogP contribution in [0.15, 0.2) is 53.1 Å². The van der Waals surface area contributed by atoms with Crippen molar-refractivity contribution in [2.24, 2.45) is 0 Å². The van der Waals surface area contributed by atoms with Gasteiger partial charge in [0.15, 0.2) is 6.10 Å². The number of amides is 2. The van der Waals surface area contributed by atoms with Crippen LogP contribution < -0.4 is 15.4 Å². The van der Waals surface area contributed by atoms with E-state index < -0.39 is 6.10 Å². The first kappa shape index (κ1) is 19.7. The van der Waals surface area contributed by atoms with Crippen molar-refractivity contribution in [2.45, 2.75) is 32.9 Å². The van der Waals surface area contributed by atoms with Gasteiger partial charge in [0.2, 0.25) is 5.82 Å². The molecule has 0 aliphatic rings. The van der Waals surface area contributed by atoms with Gasteiger partial charge < -0.3 is 19.9 Å². The predicted molar refractivity (Wildman–Crippen MR) is 108 cm³/mol.